The zero-order chi connectivity index (χ0) is 21.9. The van der Waals surface area contributed by atoms with Crippen LogP contribution < -0.4 is 15.1 Å². The minimum Gasteiger partial charge on any atom is -0.363 e. The number of nitrogens with one attached hydrogen (secondary N) is 1. The van der Waals surface area contributed by atoms with Gasteiger partial charge in [0.2, 0.25) is 0 Å². The first-order valence-electron chi connectivity index (χ1n) is 11.1. The summed E-state index contributed by atoms with van der Waals surface area (Å²) in [4.78, 5) is 27.3. The van der Waals surface area contributed by atoms with Gasteiger partial charge >= 0.3 is 0 Å². The van der Waals surface area contributed by atoms with E-state index in [4.69, 9.17) is 0 Å². The first-order valence-corrected chi connectivity index (χ1v) is 11.1. The summed E-state index contributed by atoms with van der Waals surface area (Å²) in [6, 6.07) is 14.0. The minimum absolute atomic E-state index is 0.123. The number of rotatable bonds is 5. The van der Waals surface area contributed by atoms with Crippen LogP contribution in [0.1, 0.15) is 5.56 Å². The Bertz CT molecular complexity index is 1090. The van der Waals surface area contributed by atoms with E-state index in [1.54, 1.807) is 12.4 Å². The molecule has 0 spiro atoms. The lowest BCUT2D eigenvalue weighted by molar-refractivity contribution is -0.384. The zero-order valence-electron chi connectivity index (χ0n) is 18.0. The van der Waals surface area contributed by atoms with Gasteiger partial charge < -0.3 is 15.1 Å². The van der Waals surface area contributed by atoms with Gasteiger partial charge in [-0.25, -0.2) is 9.97 Å². The second kappa shape index (κ2) is 9.05. The maximum atomic E-state index is 11.9. The molecule has 3 aromatic rings. The molecule has 32 heavy (non-hydrogen) atoms. The Morgan fingerprint density at radius 1 is 0.938 bits per heavy atom. The van der Waals surface area contributed by atoms with Gasteiger partial charge in [-0.1, -0.05) is 30.3 Å². The van der Waals surface area contributed by atoms with Gasteiger partial charge in [0.25, 0.3) is 5.69 Å². The smallest absolute Gasteiger partial charge is 0.293 e. The van der Waals surface area contributed by atoms with Gasteiger partial charge in [-0.3, -0.25) is 15.0 Å². The summed E-state index contributed by atoms with van der Waals surface area (Å²) in [5.41, 5.74) is 2.82. The molecule has 0 aliphatic carbocycles. The van der Waals surface area contributed by atoms with Crippen molar-refractivity contribution in [3.05, 3.63) is 64.5 Å². The molecule has 0 saturated carbocycles. The van der Waals surface area contributed by atoms with E-state index >= 15 is 0 Å². The van der Waals surface area contributed by atoms with E-state index in [-0.39, 0.29) is 10.6 Å². The van der Waals surface area contributed by atoms with Crippen LogP contribution in [0, 0.1) is 10.1 Å². The van der Waals surface area contributed by atoms with Crippen molar-refractivity contribution >= 4 is 28.1 Å². The van der Waals surface area contributed by atoms with E-state index in [9.17, 15) is 10.1 Å². The summed E-state index contributed by atoms with van der Waals surface area (Å²) in [5, 5.41) is 16.0. The van der Waals surface area contributed by atoms with Crippen molar-refractivity contribution < 1.29 is 4.92 Å². The Labute approximate surface area is 186 Å². The molecule has 1 N–H and O–H groups in total. The number of nitro benzene ring substituents is 1. The van der Waals surface area contributed by atoms with E-state index in [1.165, 1.54) is 5.56 Å². The molecule has 0 bridgehead atoms. The van der Waals surface area contributed by atoms with Crippen molar-refractivity contribution in [2.45, 2.75) is 6.54 Å². The molecule has 9 heteroatoms. The van der Waals surface area contributed by atoms with Gasteiger partial charge in [-0.2, -0.15) is 0 Å². The third-order valence-corrected chi connectivity index (χ3v) is 6.29. The molecule has 0 atom stereocenters. The van der Waals surface area contributed by atoms with Gasteiger partial charge in [0.15, 0.2) is 0 Å². The van der Waals surface area contributed by atoms with Gasteiger partial charge in [0, 0.05) is 70.4 Å². The van der Waals surface area contributed by atoms with Crippen LogP contribution in [0.3, 0.4) is 0 Å². The van der Waals surface area contributed by atoms with E-state index in [1.807, 2.05) is 12.1 Å². The van der Waals surface area contributed by atoms with Crippen LogP contribution in [0.15, 0.2) is 48.8 Å². The Kier molecular flexibility index (Phi) is 5.83. The van der Waals surface area contributed by atoms with Crippen molar-refractivity contribution in [1.29, 1.82) is 0 Å². The summed E-state index contributed by atoms with van der Waals surface area (Å²) < 4.78 is 0. The summed E-state index contributed by atoms with van der Waals surface area (Å²) >= 11 is 0. The number of nitro groups is 1. The number of aromatic nitrogens is 2. The van der Waals surface area contributed by atoms with Gasteiger partial charge in [-0.15, -0.1) is 0 Å². The fourth-order valence-corrected chi connectivity index (χ4v) is 4.58. The topological polar surface area (TPSA) is 90.7 Å². The number of piperazine rings is 2. The van der Waals surface area contributed by atoms with Crippen LogP contribution in [0.25, 0.3) is 10.9 Å². The number of benzene rings is 2. The molecule has 9 nitrogen and oxygen atoms in total. The standard InChI is InChI=1S/C23H27N7O2/c31-30(32)22-14-19-20(15-21(22)28-8-6-24-7-9-28)25-17-26-23(19)29-12-10-27(11-13-29)16-18-4-2-1-3-5-18/h1-5,14-15,17,24H,6-13,16H2. The fraction of sp³-hybridized carbons (Fsp3) is 0.391. The lowest BCUT2D eigenvalue weighted by Gasteiger charge is -2.36. The van der Waals surface area contributed by atoms with Gasteiger partial charge in [-0.05, 0) is 11.6 Å². The monoisotopic (exact) mass is 433 g/mol. The molecule has 5 rings (SSSR count). The number of hydrogen-bond donors (Lipinski definition) is 1. The maximum Gasteiger partial charge on any atom is 0.293 e. The van der Waals surface area contributed by atoms with Gasteiger partial charge in [0.1, 0.15) is 17.8 Å². The van der Waals surface area contributed by atoms with E-state index in [0.29, 0.717) is 5.69 Å². The molecular weight excluding hydrogens is 406 g/mol. The maximum absolute atomic E-state index is 11.9. The van der Waals surface area contributed by atoms with E-state index in [2.05, 4.69) is 54.2 Å². The molecule has 2 aliphatic rings. The van der Waals surface area contributed by atoms with E-state index in [0.717, 1.165) is 75.6 Å². The molecule has 0 unspecified atom stereocenters. The Morgan fingerprint density at radius 3 is 2.41 bits per heavy atom. The highest BCUT2D eigenvalue weighted by atomic mass is 16.6. The third kappa shape index (κ3) is 4.21. The highest BCUT2D eigenvalue weighted by Gasteiger charge is 2.26. The molecular formula is C23H27N7O2. The summed E-state index contributed by atoms with van der Waals surface area (Å²) in [6.45, 7) is 7.54. The SMILES string of the molecule is O=[N+]([O-])c1cc2c(N3CCN(Cc4ccccc4)CC3)ncnc2cc1N1CCNCC1. The van der Waals surface area contributed by atoms with Crippen molar-refractivity contribution in [1.82, 2.24) is 20.2 Å². The summed E-state index contributed by atoms with van der Waals surface area (Å²) in [7, 11) is 0. The molecule has 0 amide bonds. The molecule has 0 radical (unpaired) electrons. The Hall–Kier alpha value is -3.30. The number of fused-ring (bicyclic) bond motifs is 1. The molecule has 2 aliphatic heterocycles. The van der Waals surface area contributed by atoms with Crippen LogP contribution in [0.4, 0.5) is 17.2 Å². The second-order valence-corrected chi connectivity index (χ2v) is 8.30. The average molecular weight is 434 g/mol. The molecule has 1 aromatic heterocycles. The fourth-order valence-electron chi connectivity index (χ4n) is 4.58. The van der Waals surface area contributed by atoms with Crippen LogP contribution >= 0.6 is 0 Å². The predicted octanol–water partition coefficient (Wildman–Crippen LogP) is 2.27. The minimum atomic E-state index is -0.286. The molecule has 2 saturated heterocycles. The third-order valence-electron chi connectivity index (χ3n) is 6.29. The van der Waals surface area contributed by atoms with Crippen molar-refractivity contribution in [2.75, 3.05) is 62.2 Å². The Morgan fingerprint density at radius 2 is 1.69 bits per heavy atom. The highest BCUT2D eigenvalue weighted by molar-refractivity contribution is 5.95. The largest absolute Gasteiger partial charge is 0.363 e. The number of nitrogens with zero attached hydrogens (tertiary/aromatic N) is 6. The van der Waals surface area contributed by atoms with Crippen LogP contribution in [-0.4, -0.2) is 72.1 Å². The normalized spacial score (nSPS) is 17.6. The summed E-state index contributed by atoms with van der Waals surface area (Å²) in [6.07, 6.45) is 1.57. The van der Waals surface area contributed by atoms with E-state index < -0.39 is 0 Å². The van der Waals surface area contributed by atoms with Crippen LogP contribution in [0.5, 0.6) is 0 Å². The van der Waals surface area contributed by atoms with Gasteiger partial charge in [0.05, 0.1) is 10.4 Å². The molecule has 2 fully saturated rings. The highest BCUT2D eigenvalue weighted by Crippen LogP contribution is 2.35. The van der Waals surface area contributed by atoms with Crippen LogP contribution in [-0.2, 0) is 6.54 Å². The van der Waals surface area contributed by atoms with Crippen molar-refractivity contribution in [2.24, 2.45) is 0 Å². The Balaban J connectivity index is 1.40. The lowest BCUT2D eigenvalue weighted by Crippen LogP contribution is -2.46. The predicted molar refractivity (Wildman–Crippen MR) is 125 cm³/mol. The van der Waals surface area contributed by atoms with Crippen molar-refractivity contribution in [3.63, 3.8) is 0 Å². The lowest BCUT2D eigenvalue weighted by atomic mass is 10.1. The first-order chi connectivity index (χ1) is 15.7. The quantitative estimate of drug-likeness (QED) is 0.484. The molecule has 166 valence electrons. The number of hydrogen-bond acceptors (Lipinski definition) is 8. The summed E-state index contributed by atoms with van der Waals surface area (Å²) in [5.74, 6) is 0.782. The van der Waals surface area contributed by atoms with Crippen molar-refractivity contribution in [3.8, 4) is 0 Å². The molecule has 2 aromatic carbocycles. The second-order valence-electron chi connectivity index (χ2n) is 8.30. The first kappa shape index (κ1) is 20.6. The average Bonchev–Trinajstić information content (AvgIpc) is 2.84. The molecule has 3 heterocycles. The zero-order valence-corrected chi connectivity index (χ0v) is 18.0. The van der Waals surface area contributed by atoms with Crippen LogP contribution in [0.2, 0.25) is 0 Å². The number of anilines is 2.